The molecule has 3 aromatic heterocycles. The van der Waals surface area contributed by atoms with Crippen molar-refractivity contribution in [1.82, 2.24) is 29.6 Å². The second kappa shape index (κ2) is 10.3. The first kappa shape index (κ1) is 26.4. The number of hydrogen-bond donors (Lipinski definition) is 1. The molecular weight excluding hydrogens is 515 g/mol. The molecule has 2 fully saturated rings. The number of morpholine rings is 1. The van der Waals surface area contributed by atoms with Gasteiger partial charge in [0.25, 0.3) is 0 Å². The van der Waals surface area contributed by atoms with Crippen molar-refractivity contribution in [2.45, 2.75) is 44.6 Å². The van der Waals surface area contributed by atoms with E-state index in [2.05, 4.69) is 21.3 Å². The lowest BCUT2D eigenvalue weighted by molar-refractivity contribution is -0.131. The molecule has 1 amide bonds. The summed E-state index contributed by atoms with van der Waals surface area (Å²) >= 11 is 0. The lowest BCUT2D eigenvalue weighted by atomic mass is 9.86. The molecule has 2 atom stereocenters. The number of methoxy groups -OCH3 is 1. The summed E-state index contributed by atoms with van der Waals surface area (Å²) < 4.78 is 26.9. The van der Waals surface area contributed by atoms with Gasteiger partial charge in [-0.25, -0.2) is 19.0 Å². The Kier molecular flexibility index (Phi) is 6.81. The van der Waals surface area contributed by atoms with E-state index < -0.39 is 11.7 Å². The van der Waals surface area contributed by atoms with E-state index in [0.29, 0.717) is 43.6 Å². The number of aryl methyl sites for hydroxylation is 3. The van der Waals surface area contributed by atoms with Crippen LogP contribution >= 0.6 is 0 Å². The fourth-order valence-electron chi connectivity index (χ4n) is 6.04. The van der Waals surface area contributed by atoms with Crippen molar-refractivity contribution in [3.05, 3.63) is 41.0 Å². The largest absolute Gasteiger partial charge is 0.481 e. The Bertz CT molecular complexity index is 1440. The van der Waals surface area contributed by atoms with E-state index >= 15 is 0 Å². The molecule has 2 saturated heterocycles. The highest BCUT2D eigenvalue weighted by atomic mass is 19.1. The minimum atomic E-state index is -0.640. The number of likely N-dealkylation sites (tertiary alicyclic amines) is 1. The van der Waals surface area contributed by atoms with Gasteiger partial charge >= 0.3 is 0 Å². The van der Waals surface area contributed by atoms with E-state index in [9.17, 15) is 9.18 Å². The number of pyridine rings is 2. The summed E-state index contributed by atoms with van der Waals surface area (Å²) in [6.45, 7) is 7.83. The maximum absolute atomic E-state index is 14.5. The lowest BCUT2D eigenvalue weighted by Gasteiger charge is -2.36. The minimum Gasteiger partial charge on any atom is -0.481 e. The fourth-order valence-corrected chi connectivity index (χ4v) is 6.04. The number of amides is 1. The van der Waals surface area contributed by atoms with Crippen LogP contribution in [0.4, 0.5) is 16.2 Å². The van der Waals surface area contributed by atoms with E-state index in [0.717, 1.165) is 67.1 Å². The van der Waals surface area contributed by atoms with Crippen LogP contribution in [0.5, 0.6) is 5.88 Å². The molecule has 212 valence electrons. The summed E-state index contributed by atoms with van der Waals surface area (Å²) in [5, 5.41) is 8.38. The Morgan fingerprint density at radius 1 is 1.20 bits per heavy atom. The molecule has 0 unspecified atom stereocenters. The van der Waals surface area contributed by atoms with Gasteiger partial charge in [0.15, 0.2) is 5.82 Å². The first-order chi connectivity index (χ1) is 19.3. The van der Waals surface area contributed by atoms with Crippen LogP contribution in [0, 0.1) is 12.7 Å². The predicted octanol–water partition coefficient (Wildman–Crippen LogP) is 2.70. The third kappa shape index (κ3) is 4.74. The van der Waals surface area contributed by atoms with Crippen LogP contribution in [0.3, 0.4) is 0 Å². The molecule has 0 radical (unpaired) electrons. The number of carbonyl (C=O) groups is 1. The zero-order chi connectivity index (χ0) is 28.0. The van der Waals surface area contributed by atoms with Gasteiger partial charge in [0.05, 0.1) is 43.7 Å². The second-order valence-corrected chi connectivity index (χ2v) is 11.0. The van der Waals surface area contributed by atoms with Crippen molar-refractivity contribution in [1.29, 1.82) is 0 Å². The molecule has 0 aromatic carbocycles. The molecule has 3 aliphatic heterocycles. The summed E-state index contributed by atoms with van der Waals surface area (Å²) in [5.74, 6) is 1.40. The number of aromatic nitrogens is 5. The molecule has 0 aliphatic carbocycles. The first-order valence-corrected chi connectivity index (χ1v) is 13.8. The highest BCUT2D eigenvalue weighted by Crippen LogP contribution is 2.39. The number of nitrogens with one attached hydrogen (secondary N) is 1. The maximum atomic E-state index is 14.5. The van der Waals surface area contributed by atoms with E-state index in [1.807, 2.05) is 23.6 Å². The molecule has 3 aliphatic rings. The minimum absolute atomic E-state index is 0.103. The number of hydrogen-bond acceptors (Lipinski definition) is 9. The van der Waals surface area contributed by atoms with Gasteiger partial charge in [-0.2, -0.15) is 4.98 Å². The van der Waals surface area contributed by atoms with Gasteiger partial charge in [-0.3, -0.25) is 4.79 Å². The third-order valence-electron chi connectivity index (χ3n) is 8.39. The van der Waals surface area contributed by atoms with Crippen molar-refractivity contribution in [3.8, 4) is 17.3 Å². The van der Waals surface area contributed by atoms with Gasteiger partial charge in [0, 0.05) is 50.4 Å². The van der Waals surface area contributed by atoms with Crippen LogP contribution in [0.2, 0.25) is 0 Å². The standard InChI is InChI=1S/C28H35FN8O3/c1-17(20-14-23(39-4)30-15-22(20)29)26(38)37-8-7-28(16-37)6-5-19-13-21(18(2)31-24(19)33-28)25-32-27(35(3)34-25)36-9-11-40-12-10-36/h13-15,17H,5-12,16H2,1-4H3,(H,31,33)/t17-,28+/m1/s1. The Labute approximate surface area is 232 Å². The van der Waals surface area contributed by atoms with Gasteiger partial charge in [0.1, 0.15) is 11.6 Å². The number of anilines is 2. The number of nitrogens with zero attached hydrogens (tertiary/aromatic N) is 7. The molecule has 40 heavy (non-hydrogen) atoms. The molecule has 6 rings (SSSR count). The van der Waals surface area contributed by atoms with Crippen LogP contribution in [0.15, 0.2) is 18.3 Å². The second-order valence-electron chi connectivity index (χ2n) is 11.0. The zero-order valence-corrected chi connectivity index (χ0v) is 23.4. The quantitative estimate of drug-likeness (QED) is 0.513. The van der Waals surface area contributed by atoms with E-state index in [1.165, 1.54) is 13.2 Å². The van der Waals surface area contributed by atoms with Crippen molar-refractivity contribution in [3.63, 3.8) is 0 Å². The Hall–Kier alpha value is -3.80. The third-order valence-corrected chi connectivity index (χ3v) is 8.39. The molecule has 0 bridgehead atoms. The fraction of sp³-hybridized carbons (Fsp3) is 0.536. The average Bonchev–Trinajstić information content (AvgIpc) is 3.56. The first-order valence-electron chi connectivity index (χ1n) is 13.8. The van der Waals surface area contributed by atoms with Crippen molar-refractivity contribution >= 4 is 17.7 Å². The van der Waals surface area contributed by atoms with E-state index in [4.69, 9.17) is 24.5 Å². The molecule has 12 heteroatoms. The molecule has 0 saturated carbocycles. The van der Waals surface area contributed by atoms with Crippen molar-refractivity contribution < 1.29 is 18.7 Å². The van der Waals surface area contributed by atoms with Crippen LogP contribution in [0.25, 0.3) is 11.4 Å². The summed E-state index contributed by atoms with van der Waals surface area (Å²) in [6, 6.07) is 3.65. The number of carbonyl (C=O) groups excluding carboxylic acids is 1. The molecule has 3 aromatic rings. The van der Waals surface area contributed by atoms with Crippen LogP contribution < -0.4 is 15.0 Å². The normalized spacial score (nSPS) is 21.3. The van der Waals surface area contributed by atoms with Gasteiger partial charge in [-0.1, -0.05) is 0 Å². The average molecular weight is 551 g/mol. The summed E-state index contributed by atoms with van der Waals surface area (Å²) in [5.41, 5.74) is 2.94. The summed E-state index contributed by atoms with van der Waals surface area (Å²) in [4.78, 5) is 31.1. The topological polar surface area (TPSA) is 111 Å². The Balaban J connectivity index is 1.18. The van der Waals surface area contributed by atoms with Crippen molar-refractivity contribution in [2.75, 3.05) is 56.7 Å². The number of ether oxygens (including phenoxy) is 2. The Morgan fingerprint density at radius 2 is 2.00 bits per heavy atom. The lowest BCUT2D eigenvalue weighted by Crippen LogP contribution is -2.46. The number of rotatable bonds is 5. The molecule has 1 N–H and O–H groups in total. The highest BCUT2D eigenvalue weighted by Gasteiger charge is 2.43. The Morgan fingerprint density at radius 3 is 2.77 bits per heavy atom. The summed E-state index contributed by atoms with van der Waals surface area (Å²) in [6.07, 6.45) is 3.61. The smallest absolute Gasteiger partial charge is 0.230 e. The SMILES string of the molecule is COc1cc([C@@H](C)C(=O)N2CC[C@@]3(CCc4cc(-c5nc(N6CCOCC6)n(C)n5)c(C)nc4N3)C2)c(F)cn1. The van der Waals surface area contributed by atoms with Gasteiger partial charge in [-0.05, 0) is 44.7 Å². The molecule has 1 spiro atoms. The van der Waals surface area contributed by atoms with Gasteiger partial charge in [-0.15, -0.1) is 5.10 Å². The van der Waals surface area contributed by atoms with Crippen LogP contribution in [-0.4, -0.2) is 87.6 Å². The highest BCUT2D eigenvalue weighted by molar-refractivity contribution is 5.84. The maximum Gasteiger partial charge on any atom is 0.230 e. The van der Waals surface area contributed by atoms with E-state index in [-0.39, 0.29) is 11.4 Å². The monoisotopic (exact) mass is 550 g/mol. The number of fused-ring (bicyclic) bond motifs is 1. The molecule has 11 nitrogen and oxygen atoms in total. The van der Waals surface area contributed by atoms with Gasteiger partial charge < -0.3 is 24.6 Å². The zero-order valence-electron chi connectivity index (χ0n) is 23.4. The molecular formula is C28H35FN8O3. The van der Waals surface area contributed by atoms with Crippen LogP contribution in [0.1, 0.15) is 42.5 Å². The van der Waals surface area contributed by atoms with Crippen LogP contribution in [-0.2, 0) is 23.0 Å². The van der Waals surface area contributed by atoms with E-state index in [1.54, 1.807) is 6.92 Å². The predicted molar refractivity (Wildman–Crippen MR) is 147 cm³/mol. The molecule has 6 heterocycles. The number of halogens is 1. The van der Waals surface area contributed by atoms with Crippen molar-refractivity contribution in [2.24, 2.45) is 7.05 Å². The summed E-state index contributed by atoms with van der Waals surface area (Å²) in [7, 11) is 3.39. The van der Waals surface area contributed by atoms with Gasteiger partial charge in [0.2, 0.25) is 17.7 Å².